The minimum Gasteiger partial charge on any atom is -0.271 e. The maximum absolute atomic E-state index is 4.10. The highest BCUT2D eigenvalue weighted by molar-refractivity contribution is 5.79. The van der Waals surface area contributed by atoms with Crippen molar-refractivity contribution >= 4 is 12.6 Å². The molecule has 0 N–H and O–H groups in total. The molecule has 0 saturated heterocycles. The van der Waals surface area contributed by atoms with E-state index >= 15 is 0 Å². The van der Waals surface area contributed by atoms with Gasteiger partial charge in [-0.15, -0.1) is 0 Å². The molecule has 0 aliphatic heterocycles. The third-order valence-corrected chi connectivity index (χ3v) is 1.07. The third-order valence-electron chi connectivity index (χ3n) is 1.07. The van der Waals surface area contributed by atoms with E-state index in [-0.39, 0.29) is 0 Å². The smallest absolute Gasteiger partial charge is 0.116 e. The fourth-order valence-electron chi connectivity index (χ4n) is 0.433. The van der Waals surface area contributed by atoms with Gasteiger partial charge in [-0.3, -0.25) is 10.0 Å². The molecule has 0 amide bonds. The van der Waals surface area contributed by atoms with Crippen molar-refractivity contribution < 1.29 is 0 Å². The molecule has 0 aliphatic rings. The molecule has 0 fully saturated rings. The van der Waals surface area contributed by atoms with Gasteiger partial charge in [-0.25, -0.2) is 0 Å². The molecule has 0 saturated carbocycles. The zero-order valence-corrected chi connectivity index (χ0v) is 6.26. The van der Waals surface area contributed by atoms with Gasteiger partial charge in [0, 0.05) is 20.3 Å². The van der Waals surface area contributed by atoms with Crippen molar-refractivity contribution in [1.29, 1.82) is 0 Å². The van der Waals surface area contributed by atoms with Crippen molar-refractivity contribution in [3.63, 3.8) is 0 Å². The highest BCUT2D eigenvalue weighted by atomic mass is 15.4. The van der Waals surface area contributed by atoms with Crippen LogP contribution in [0.25, 0.3) is 0 Å². The Morgan fingerprint density at radius 1 is 1.67 bits per heavy atom. The first-order valence-electron chi connectivity index (χ1n) is 2.93. The first-order valence-corrected chi connectivity index (χ1v) is 2.93. The van der Waals surface area contributed by atoms with Gasteiger partial charge >= 0.3 is 0 Å². The topological polar surface area (TPSA) is 28.0 Å². The molecule has 0 aliphatic carbocycles. The number of amidine groups is 1. The lowest BCUT2D eigenvalue weighted by atomic mass is 10.6. The van der Waals surface area contributed by atoms with Crippen LogP contribution in [0.5, 0.6) is 0 Å². The Bertz CT molecular complexity index is 117. The summed E-state index contributed by atoms with van der Waals surface area (Å²) in [5.41, 5.74) is 0. The molecular formula is C6H13N3. The molecule has 0 atom stereocenters. The second kappa shape index (κ2) is 4.06. The molecule has 0 aromatic carbocycles. The van der Waals surface area contributed by atoms with E-state index in [1.165, 1.54) is 0 Å². The van der Waals surface area contributed by atoms with Crippen LogP contribution in [0.1, 0.15) is 13.8 Å². The molecule has 0 aromatic heterocycles. The molecule has 0 aromatic rings. The Labute approximate surface area is 56.1 Å². The van der Waals surface area contributed by atoms with Crippen LogP contribution in [-0.2, 0) is 0 Å². The standard InChI is InChI=1S/C6H13N3/c1-5-8-6(2)9(4)7-3/h3,5H2,1-2,4H3. The molecule has 3 nitrogen and oxygen atoms in total. The van der Waals surface area contributed by atoms with Gasteiger partial charge in [-0.2, -0.15) is 5.10 Å². The van der Waals surface area contributed by atoms with E-state index in [4.69, 9.17) is 0 Å². The zero-order valence-electron chi connectivity index (χ0n) is 6.26. The average Bonchev–Trinajstić information content (AvgIpc) is 1.87. The van der Waals surface area contributed by atoms with Gasteiger partial charge in [0.25, 0.3) is 0 Å². The van der Waals surface area contributed by atoms with Crippen molar-refractivity contribution in [2.75, 3.05) is 13.6 Å². The van der Waals surface area contributed by atoms with E-state index in [0.717, 1.165) is 12.4 Å². The summed E-state index contributed by atoms with van der Waals surface area (Å²) in [7, 11) is 1.82. The minimum atomic E-state index is 0.797. The van der Waals surface area contributed by atoms with Gasteiger partial charge < -0.3 is 0 Å². The third kappa shape index (κ3) is 2.85. The molecular weight excluding hydrogens is 114 g/mol. The SMILES string of the molecule is C=NN(C)C(C)=NCC. The summed E-state index contributed by atoms with van der Waals surface area (Å²) in [5, 5.41) is 5.30. The zero-order chi connectivity index (χ0) is 7.28. The lowest BCUT2D eigenvalue weighted by Crippen LogP contribution is -2.17. The molecule has 0 rings (SSSR count). The Morgan fingerprint density at radius 3 is 2.56 bits per heavy atom. The number of nitrogens with zero attached hydrogens (tertiary/aromatic N) is 3. The van der Waals surface area contributed by atoms with Crippen LogP contribution in [0.3, 0.4) is 0 Å². The lowest BCUT2D eigenvalue weighted by Gasteiger charge is -2.09. The number of aliphatic imine (C=N–C) groups is 1. The van der Waals surface area contributed by atoms with E-state index < -0.39 is 0 Å². The van der Waals surface area contributed by atoms with Crippen LogP contribution >= 0.6 is 0 Å². The van der Waals surface area contributed by atoms with E-state index in [2.05, 4.69) is 16.8 Å². The van der Waals surface area contributed by atoms with Crippen LogP contribution < -0.4 is 0 Å². The monoisotopic (exact) mass is 127 g/mol. The van der Waals surface area contributed by atoms with Gasteiger partial charge in [0.2, 0.25) is 0 Å². The minimum absolute atomic E-state index is 0.797. The Balaban J connectivity index is 3.84. The van der Waals surface area contributed by atoms with Gasteiger partial charge in [-0.05, 0) is 13.8 Å². The first-order chi connectivity index (χ1) is 4.22. The van der Waals surface area contributed by atoms with E-state index in [1.54, 1.807) is 5.01 Å². The van der Waals surface area contributed by atoms with Crippen LogP contribution in [0.15, 0.2) is 10.1 Å². The summed E-state index contributed by atoms with van der Waals surface area (Å²) in [6.07, 6.45) is 0. The molecule has 0 heterocycles. The summed E-state index contributed by atoms with van der Waals surface area (Å²) in [6, 6.07) is 0. The fourth-order valence-corrected chi connectivity index (χ4v) is 0.433. The van der Waals surface area contributed by atoms with Crippen molar-refractivity contribution in [3.8, 4) is 0 Å². The summed E-state index contributed by atoms with van der Waals surface area (Å²) in [6.45, 7) is 8.04. The predicted octanol–water partition coefficient (Wildman–Crippen LogP) is 0.972. The van der Waals surface area contributed by atoms with E-state index in [9.17, 15) is 0 Å². The van der Waals surface area contributed by atoms with Crippen molar-refractivity contribution in [1.82, 2.24) is 5.01 Å². The Kier molecular flexibility index (Phi) is 3.67. The lowest BCUT2D eigenvalue weighted by molar-refractivity contribution is 0.543. The molecule has 9 heavy (non-hydrogen) atoms. The van der Waals surface area contributed by atoms with Crippen LogP contribution in [0, 0.1) is 0 Å². The van der Waals surface area contributed by atoms with Gasteiger partial charge in [0.15, 0.2) is 0 Å². The van der Waals surface area contributed by atoms with Gasteiger partial charge in [0.05, 0.1) is 0 Å². The maximum Gasteiger partial charge on any atom is 0.116 e. The molecule has 0 radical (unpaired) electrons. The molecule has 3 heteroatoms. The largest absolute Gasteiger partial charge is 0.271 e. The normalized spacial score (nSPS) is 11.2. The first kappa shape index (κ1) is 8.14. The maximum atomic E-state index is 4.10. The number of hydrogen-bond donors (Lipinski definition) is 0. The number of hydrogen-bond acceptors (Lipinski definition) is 2. The molecule has 52 valence electrons. The summed E-state index contributed by atoms with van der Waals surface area (Å²) in [5.74, 6) is 0.896. The second-order valence-corrected chi connectivity index (χ2v) is 1.69. The van der Waals surface area contributed by atoms with Crippen LogP contribution in [0.2, 0.25) is 0 Å². The van der Waals surface area contributed by atoms with Gasteiger partial charge in [0.1, 0.15) is 5.84 Å². The molecule has 0 spiro atoms. The highest BCUT2D eigenvalue weighted by Crippen LogP contribution is 1.85. The Morgan fingerprint density at radius 2 is 2.22 bits per heavy atom. The highest BCUT2D eigenvalue weighted by Gasteiger charge is 1.91. The van der Waals surface area contributed by atoms with Crippen molar-refractivity contribution in [2.45, 2.75) is 13.8 Å². The van der Waals surface area contributed by atoms with Crippen LogP contribution in [-0.4, -0.2) is 31.2 Å². The number of rotatable bonds is 2. The molecule has 0 bridgehead atoms. The van der Waals surface area contributed by atoms with Crippen molar-refractivity contribution in [2.24, 2.45) is 10.1 Å². The number of hydrazone groups is 1. The Hall–Kier alpha value is -0.860. The van der Waals surface area contributed by atoms with Gasteiger partial charge in [-0.1, -0.05) is 0 Å². The quantitative estimate of drug-likeness (QED) is 0.308. The van der Waals surface area contributed by atoms with E-state index in [1.807, 2.05) is 20.9 Å². The average molecular weight is 127 g/mol. The van der Waals surface area contributed by atoms with Crippen LogP contribution in [0.4, 0.5) is 0 Å². The summed E-state index contributed by atoms with van der Waals surface area (Å²) in [4.78, 5) is 4.10. The molecule has 0 unspecified atom stereocenters. The van der Waals surface area contributed by atoms with Crippen molar-refractivity contribution in [3.05, 3.63) is 0 Å². The fraction of sp³-hybridized carbons (Fsp3) is 0.667. The second-order valence-electron chi connectivity index (χ2n) is 1.69. The predicted molar refractivity (Wildman–Crippen MR) is 41.0 cm³/mol. The summed E-state index contributed by atoms with van der Waals surface area (Å²) >= 11 is 0. The summed E-state index contributed by atoms with van der Waals surface area (Å²) < 4.78 is 0. The van der Waals surface area contributed by atoms with E-state index in [0.29, 0.717) is 0 Å².